The number of piperidine rings is 2. The van der Waals surface area contributed by atoms with Crippen LogP contribution in [0.4, 0.5) is 0 Å². The third-order valence-corrected chi connectivity index (χ3v) is 5.13. The molecule has 5 nitrogen and oxygen atoms in total. The third-order valence-electron chi connectivity index (χ3n) is 5.13. The monoisotopic (exact) mass is 322 g/mol. The summed E-state index contributed by atoms with van der Waals surface area (Å²) in [6.45, 7) is 10.5. The van der Waals surface area contributed by atoms with Gasteiger partial charge in [-0.1, -0.05) is 13.8 Å². The highest BCUT2D eigenvalue weighted by atomic mass is 16.2. The second-order valence-electron chi connectivity index (χ2n) is 7.51. The number of nitrogens with zero attached hydrogens (tertiary/aromatic N) is 3. The van der Waals surface area contributed by atoms with Crippen LogP contribution in [0.2, 0.25) is 0 Å². The molecule has 0 aromatic heterocycles. The average molecular weight is 322 g/mol. The van der Waals surface area contributed by atoms with Crippen molar-refractivity contribution in [2.75, 3.05) is 33.2 Å². The van der Waals surface area contributed by atoms with Crippen LogP contribution in [0.3, 0.4) is 0 Å². The van der Waals surface area contributed by atoms with Crippen molar-refractivity contribution in [2.24, 2.45) is 16.8 Å². The second kappa shape index (κ2) is 8.55. The number of nitrogens with one attached hydrogen (secondary N) is 1. The molecule has 0 aromatic carbocycles. The smallest absolute Gasteiger partial charge is 0.224 e. The van der Waals surface area contributed by atoms with Gasteiger partial charge in [-0.2, -0.15) is 0 Å². The maximum Gasteiger partial charge on any atom is 0.224 e. The normalized spacial score (nSPS) is 29.6. The molecule has 5 heteroatoms. The minimum atomic E-state index is 0.278. The molecule has 2 aliphatic rings. The summed E-state index contributed by atoms with van der Waals surface area (Å²) in [5.41, 5.74) is 0. The van der Waals surface area contributed by atoms with Crippen molar-refractivity contribution < 1.29 is 4.79 Å². The summed E-state index contributed by atoms with van der Waals surface area (Å²) in [6.07, 6.45) is 5.39. The highest BCUT2D eigenvalue weighted by molar-refractivity contribution is 5.81. The number of hydrogen-bond donors (Lipinski definition) is 1. The van der Waals surface area contributed by atoms with E-state index in [4.69, 9.17) is 0 Å². The Morgan fingerprint density at radius 1 is 1.17 bits per heavy atom. The minimum Gasteiger partial charge on any atom is -0.356 e. The predicted molar refractivity (Wildman–Crippen MR) is 95.5 cm³/mol. The fourth-order valence-corrected chi connectivity index (χ4v) is 4.06. The summed E-state index contributed by atoms with van der Waals surface area (Å²) in [5, 5.41) is 3.39. The first-order valence-corrected chi connectivity index (χ1v) is 9.26. The van der Waals surface area contributed by atoms with Crippen molar-refractivity contribution in [3.05, 3.63) is 0 Å². The first-order valence-electron chi connectivity index (χ1n) is 9.26. The van der Waals surface area contributed by atoms with Crippen LogP contribution in [-0.4, -0.2) is 60.9 Å². The number of guanidine groups is 1. The summed E-state index contributed by atoms with van der Waals surface area (Å²) in [7, 11) is 1.83. The zero-order chi connectivity index (χ0) is 16.8. The first kappa shape index (κ1) is 18.1. The van der Waals surface area contributed by atoms with Gasteiger partial charge in [0.2, 0.25) is 5.91 Å². The lowest BCUT2D eigenvalue weighted by Gasteiger charge is -2.37. The van der Waals surface area contributed by atoms with Gasteiger partial charge in [0.1, 0.15) is 0 Å². The largest absolute Gasteiger partial charge is 0.356 e. The fourth-order valence-electron chi connectivity index (χ4n) is 4.06. The summed E-state index contributed by atoms with van der Waals surface area (Å²) in [5.74, 6) is 2.63. The van der Waals surface area contributed by atoms with Crippen LogP contribution < -0.4 is 5.32 Å². The average Bonchev–Trinajstić information content (AvgIpc) is 2.50. The Hall–Kier alpha value is -1.26. The van der Waals surface area contributed by atoms with Crippen molar-refractivity contribution in [1.29, 1.82) is 0 Å². The molecule has 3 atom stereocenters. The molecule has 0 saturated carbocycles. The number of amides is 1. The third kappa shape index (κ3) is 5.11. The van der Waals surface area contributed by atoms with Gasteiger partial charge in [-0.15, -0.1) is 0 Å². The Kier molecular flexibility index (Phi) is 6.72. The Labute approximate surface area is 141 Å². The van der Waals surface area contributed by atoms with Gasteiger partial charge in [-0.25, -0.2) is 0 Å². The van der Waals surface area contributed by atoms with Crippen molar-refractivity contribution in [2.45, 2.75) is 58.9 Å². The van der Waals surface area contributed by atoms with Gasteiger partial charge >= 0.3 is 0 Å². The Bertz CT molecular complexity index is 413. The zero-order valence-electron chi connectivity index (χ0n) is 15.3. The van der Waals surface area contributed by atoms with E-state index in [9.17, 15) is 4.79 Å². The van der Waals surface area contributed by atoms with Crippen molar-refractivity contribution in [1.82, 2.24) is 15.1 Å². The van der Waals surface area contributed by atoms with Crippen LogP contribution >= 0.6 is 0 Å². The fraction of sp³-hybridized carbons (Fsp3) is 0.889. The van der Waals surface area contributed by atoms with Crippen molar-refractivity contribution in [3.8, 4) is 0 Å². The van der Waals surface area contributed by atoms with Crippen LogP contribution in [0.25, 0.3) is 0 Å². The number of aliphatic imine (C=N–C) groups is 1. The second-order valence-corrected chi connectivity index (χ2v) is 7.51. The van der Waals surface area contributed by atoms with E-state index in [1.165, 1.54) is 12.8 Å². The van der Waals surface area contributed by atoms with E-state index in [2.05, 4.69) is 40.9 Å². The van der Waals surface area contributed by atoms with E-state index in [1.54, 1.807) is 0 Å². The van der Waals surface area contributed by atoms with Gasteiger partial charge in [-0.05, 0) is 44.4 Å². The number of hydrogen-bond acceptors (Lipinski definition) is 2. The number of carbonyl (C=O) groups is 1. The lowest BCUT2D eigenvalue weighted by atomic mass is 9.92. The summed E-state index contributed by atoms with van der Waals surface area (Å²) in [6, 6.07) is 0.402. The maximum absolute atomic E-state index is 12.4. The molecule has 1 N–H and O–H groups in total. The van der Waals surface area contributed by atoms with Crippen LogP contribution in [0.1, 0.15) is 52.9 Å². The summed E-state index contributed by atoms with van der Waals surface area (Å²) < 4.78 is 0. The molecule has 132 valence electrons. The molecule has 0 spiro atoms. The molecule has 2 rings (SSSR count). The number of rotatable bonds is 3. The van der Waals surface area contributed by atoms with Gasteiger partial charge in [0, 0.05) is 45.7 Å². The van der Waals surface area contributed by atoms with Gasteiger partial charge in [0.05, 0.1) is 0 Å². The highest BCUT2D eigenvalue weighted by Gasteiger charge is 2.25. The number of carbonyl (C=O) groups excluding carboxylic acids is 1. The molecule has 0 aromatic rings. The SMILES string of the molecule is CN=C(NCCC(=O)N1CCCCC1C)N1CC(C)CC(C)C1. The Morgan fingerprint density at radius 2 is 1.87 bits per heavy atom. The lowest BCUT2D eigenvalue weighted by molar-refractivity contribution is -0.134. The molecule has 3 unspecified atom stereocenters. The molecule has 2 heterocycles. The zero-order valence-corrected chi connectivity index (χ0v) is 15.3. The molecular weight excluding hydrogens is 288 g/mol. The van der Waals surface area contributed by atoms with E-state index < -0.39 is 0 Å². The molecule has 1 amide bonds. The maximum atomic E-state index is 12.4. The van der Waals surface area contributed by atoms with Gasteiger partial charge in [0.25, 0.3) is 0 Å². The lowest BCUT2D eigenvalue weighted by Crippen LogP contribution is -2.49. The molecule has 0 aliphatic carbocycles. The quantitative estimate of drug-likeness (QED) is 0.641. The van der Waals surface area contributed by atoms with E-state index in [1.807, 2.05) is 7.05 Å². The number of likely N-dealkylation sites (tertiary alicyclic amines) is 2. The van der Waals surface area contributed by atoms with Crippen LogP contribution in [-0.2, 0) is 4.79 Å². The topological polar surface area (TPSA) is 47.9 Å². The minimum absolute atomic E-state index is 0.278. The highest BCUT2D eigenvalue weighted by Crippen LogP contribution is 2.21. The van der Waals surface area contributed by atoms with Crippen molar-refractivity contribution >= 4 is 11.9 Å². The van der Waals surface area contributed by atoms with Crippen molar-refractivity contribution in [3.63, 3.8) is 0 Å². The molecule has 2 saturated heterocycles. The Balaban J connectivity index is 1.78. The molecule has 0 radical (unpaired) electrons. The molecule has 2 fully saturated rings. The first-order chi connectivity index (χ1) is 11.0. The van der Waals surface area contributed by atoms with E-state index in [0.29, 0.717) is 30.8 Å². The van der Waals surface area contributed by atoms with E-state index in [0.717, 1.165) is 38.4 Å². The van der Waals surface area contributed by atoms with Gasteiger partial charge in [0.15, 0.2) is 5.96 Å². The van der Waals surface area contributed by atoms with Crippen LogP contribution in [0.15, 0.2) is 4.99 Å². The van der Waals surface area contributed by atoms with E-state index in [-0.39, 0.29) is 5.91 Å². The van der Waals surface area contributed by atoms with Crippen LogP contribution in [0.5, 0.6) is 0 Å². The predicted octanol–water partition coefficient (Wildman–Crippen LogP) is 2.33. The standard InChI is InChI=1S/C18H34N4O/c1-14-11-15(2)13-21(12-14)18(19-4)20-9-8-17(23)22-10-6-5-7-16(22)3/h14-16H,5-13H2,1-4H3,(H,19,20). The molecule has 0 bridgehead atoms. The summed E-state index contributed by atoms with van der Waals surface area (Å²) >= 11 is 0. The van der Waals surface area contributed by atoms with Gasteiger partial charge < -0.3 is 15.1 Å². The van der Waals surface area contributed by atoms with Crippen LogP contribution in [0, 0.1) is 11.8 Å². The summed E-state index contributed by atoms with van der Waals surface area (Å²) in [4.78, 5) is 21.2. The Morgan fingerprint density at radius 3 is 2.48 bits per heavy atom. The van der Waals surface area contributed by atoms with E-state index >= 15 is 0 Å². The molecular formula is C18H34N4O. The van der Waals surface area contributed by atoms with Gasteiger partial charge in [-0.3, -0.25) is 9.79 Å². The molecule has 2 aliphatic heterocycles. The molecule has 23 heavy (non-hydrogen) atoms.